The number of hydrogen-bond acceptors (Lipinski definition) is 2. The van der Waals surface area contributed by atoms with Crippen molar-refractivity contribution in [3.8, 4) is 0 Å². The Balaban J connectivity index is 1.49. The van der Waals surface area contributed by atoms with E-state index < -0.39 is 0 Å². The number of carbonyl (C=O) groups excluding carboxylic acids is 1. The normalized spacial score (nSPS) is 22.6. The molecule has 126 valence electrons. The van der Waals surface area contributed by atoms with Crippen molar-refractivity contribution in [1.29, 1.82) is 0 Å². The van der Waals surface area contributed by atoms with Crippen molar-refractivity contribution in [3.05, 3.63) is 35.9 Å². The fraction of sp³-hybridized carbons (Fsp3) is 0.650. The van der Waals surface area contributed by atoms with Gasteiger partial charge in [0.05, 0.1) is 26.2 Å². The molecule has 0 unspecified atom stereocenters. The number of Topliss-reactive ketones (excluding diaryl/α,β-unsaturated/α-hetero) is 1. The van der Waals surface area contributed by atoms with Crippen LogP contribution in [0.3, 0.4) is 0 Å². The van der Waals surface area contributed by atoms with Crippen LogP contribution in [-0.4, -0.2) is 54.4 Å². The molecular weight excluding hydrogens is 284 g/mol. The van der Waals surface area contributed by atoms with Gasteiger partial charge in [-0.05, 0) is 5.56 Å². The maximum absolute atomic E-state index is 12.2. The summed E-state index contributed by atoms with van der Waals surface area (Å²) in [6.07, 6.45) is 2.21. The van der Waals surface area contributed by atoms with Crippen LogP contribution in [0.1, 0.15) is 32.3 Å². The number of nitrogens with zero attached hydrogens (tertiary/aromatic N) is 2. The molecule has 1 spiro atoms. The number of benzene rings is 1. The van der Waals surface area contributed by atoms with Crippen LogP contribution >= 0.6 is 0 Å². The highest BCUT2D eigenvalue weighted by molar-refractivity contribution is 5.82. The third kappa shape index (κ3) is 4.02. The van der Waals surface area contributed by atoms with Crippen molar-refractivity contribution >= 4 is 5.78 Å². The van der Waals surface area contributed by atoms with Gasteiger partial charge in [0.15, 0.2) is 0 Å². The number of quaternary nitrogens is 1. The molecule has 2 fully saturated rings. The van der Waals surface area contributed by atoms with E-state index in [4.69, 9.17) is 0 Å². The highest BCUT2D eigenvalue weighted by Gasteiger charge is 2.39. The average molecular weight is 315 g/mol. The molecule has 3 heteroatoms. The maximum Gasteiger partial charge on any atom is 0.138 e. The maximum atomic E-state index is 12.2. The molecule has 2 heterocycles. The van der Waals surface area contributed by atoms with Gasteiger partial charge in [-0.25, -0.2) is 0 Å². The van der Waals surface area contributed by atoms with E-state index in [0.717, 1.165) is 19.4 Å². The zero-order valence-electron chi connectivity index (χ0n) is 14.7. The second-order valence-corrected chi connectivity index (χ2v) is 7.83. The minimum absolute atomic E-state index is 0.203. The first-order valence-electron chi connectivity index (χ1n) is 9.23. The van der Waals surface area contributed by atoms with E-state index in [0.29, 0.717) is 11.7 Å². The largest absolute Gasteiger partial charge is 0.321 e. The van der Waals surface area contributed by atoms with Crippen molar-refractivity contribution in [3.63, 3.8) is 0 Å². The van der Waals surface area contributed by atoms with Gasteiger partial charge in [0.25, 0.3) is 0 Å². The van der Waals surface area contributed by atoms with Gasteiger partial charge < -0.3 is 4.48 Å². The van der Waals surface area contributed by atoms with E-state index in [1.54, 1.807) is 0 Å². The van der Waals surface area contributed by atoms with E-state index in [9.17, 15) is 4.79 Å². The van der Waals surface area contributed by atoms with Gasteiger partial charge in [0.1, 0.15) is 5.78 Å². The molecule has 0 radical (unpaired) electrons. The summed E-state index contributed by atoms with van der Waals surface area (Å²) in [5.74, 6) is 1.03. The SMILES string of the molecule is CC(C)C(=O)C1CC[N+]2(CC1)CCN(Cc1ccccc1)CC2. The number of piperidine rings is 1. The molecule has 0 bridgehead atoms. The first kappa shape index (κ1) is 16.7. The van der Waals surface area contributed by atoms with Crippen molar-refractivity contribution in [1.82, 2.24) is 4.90 Å². The molecule has 3 nitrogen and oxygen atoms in total. The molecule has 2 aliphatic heterocycles. The molecule has 0 aliphatic carbocycles. The summed E-state index contributed by atoms with van der Waals surface area (Å²) in [6.45, 7) is 12.5. The molecule has 0 amide bonds. The number of hydrogen-bond donors (Lipinski definition) is 0. The molecule has 0 aromatic heterocycles. The van der Waals surface area contributed by atoms with Gasteiger partial charge in [0, 0.05) is 44.3 Å². The highest BCUT2D eigenvalue weighted by Crippen LogP contribution is 2.28. The first-order chi connectivity index (χ1) is 11.1. The second kappa shape index (κ2) is 7.14. The first-order valence-corrected chi connectivity index (χ1v) is 9.23. The van der Waals surface area contributed by atoms with Gasteiger partial charge in [0.2, 0.25) is 0 Å². The van der Waals surface area contributed by atoms with E-state index in [1.807, 2.05) is 13.8 Å². The van der Waals surface area contributed by atoms with Crippen LogP contribution in [0.4, 0.5) is 0 Å². The summed E-state index contributed by atoms with van der Waals surface area (Å²) in [7, 11) is 0. The molecule has 3 rings (SSSR count). The van der Waals surface area contributed by atoms with Gasteiger partial charge in [-0.3, -0.25) is 9.69 Å². The minimum atomic E-state index is 0.203. The summed E-state index contributed by atoms with van der Waals surface area (Å²) in [6, 6.07) is 10.8. The number of ketones is 1. The molecular formula is C20H31N2O+. The molecule has 0 saturated carbocycles. The van der Waals surface area contributed by atoms with Crippen molar-refractivity contribution in [2.24, 2.45) is 11.8 Å². The quantitative estimate of drug-likeness (QED) is 0.796. The van der Waals surface area contributed by atoms with E-state index in [1.165, 1.54) is 49.3 Å². The Kier molecular flexibility index (Phi) is 5.17. The predicted octanol–water partition coefficient (Wildman–Crippen LogP) is 2.95. The van der Waals surface area contributed by atoms with Crippen LogP contribution in [0.15, 0.2) is 30.3 Å². The second-order valence-electron chi connectivity index (χ2n) is 7.83. The van der Waals surface area contributed by atoms with Crippen LogP contribution in [0, 0.1) is 11.8 Å². The summed E-state index contributed by atoms with van der Waals surface area (Å²) < 4.78 is 1.26. The Labute approximate surface area is 140 Å². The standard InChI is InChI=1S/C20H31N2O/c1-17(2)20(23)19-8-12-22(13-9-19)14-10-21(11-15-22)16-18-6-4-3-5-7-18/h3-7,17,19H,8-16H2,1-2H3/q+1. The minimum Gasteiger partial charge on any atom is -0.321 e. The lowest BCUT2D eigenvalue weighted by Crippen LogP contribution is -2.62. The Morgan fingerprint density at radius 3 is 2.26 bits per heavy atom. The fourth-order valence-corrected chi connectivity index (χ4v) is 4.25. The van der Waals surface area contributed by atoms with E-state index in [-0.39, 0.29) is 5.92 Å². The van der Waals surface area contributed by atoms with E-state index in [2.05, 4.69) is 35.2 Å². The molecule has 1 aromatic rings. The van der Waals surface area contributed by atoms with Crippen molar-refractivity contribution < 1.29 is 9.28 Å². The molecule has 2 aliphatic rings. The monoisotopic (exact) mass is 315 g/mol. The van der Waals surface area contributed by atoms with Crippen LogP contribution in [0.25, 0.3) is 0 Å². The topological polar surface area (TPSA) is 20.3 Å². The van der Waals surface area contributed by atoms with Gasteiger partial charge >= 0.3 is 0 Å². The summed E-state index contributed by atoms with van der Waals surface area (Å²) in [4.78, 5) is 14.8. The van der Waals surface area contributed by atoms with Gasteiger partial charge in [-0.2, -0.15) is 0 Å². The van der Waals surface area contributed by atoms with Crippen LogP contribution in [-0.2, 0) is 11.3 Å². The Morgan fingerprint density at radius 2 is 1.70 bits per heavy atom. The van der Waals surface area contributed by atoms with Crippen LogP contribution in [0.2, 0.25) is 0 Å². The van der Waals surface area contributed by atoms with E-state index >= 15 is 0 Å². The number of rotatable bonds is 4. The van der Waals surface area contributed by atoms with Gasteiger partial charge in [-0.1, -0.05) is 44.2 Å². The Hall–Kier alpha value is -1.19. The summed E-state index contributed by atoms with van der Waals surface area (Å²) in [5, 5.41) is 0. The lowest BCUT2D eigenvalue weighted by molar-refractivity contribution is -0.937. The average Bonchev–Trinajstić information content (AvgIpc) is 2.58. The predicted molar refractivity (Wildman–Crippen MR) is 94.0 cm³/mol. The molecule has 23 heavy (non-hydrogen) atoms. The lowest BCUT2D eigenvalue weighted by atomic mass is 9.86. The fourth-order valence-electron chi connectivity index (χ4n) is 4.25. The molecule has 2 saturated heterocycles. The van der Waals surface area contributed by atoms with Crippen molar-refractivity contribution in [2.75, 3.05) is 39.3 Å². The van der Waals surface area contributed by atoms with Crippen LogP contribution < -0.4 is 0 Å². The number of carbonyl (C=O) groups is 1. The summed E-state index contributed by atoms with van der Waals surface area (Å²) in [5.41, 5.74) is 1.42. The van der Waals surface area contributed by atoms with Gasteiger partial charge in [-0.15, -0.1) is 0 Å². The smallest absolute Gasteiger partial charge is 0.138 e. The third-order valence-electron chi connectivity index (χ3n) is 5.91. The zero-order chi connectivity index (χ0) is 16.3. The molecule has 1 aromatic carbocycles. The summed E-state index contributed by atoms with van der Waals surface area (Å²) >= 11 is 0. The lowest BCUT2D eigenvalue weighted by Gasteiger charge is -2.48. The Morgan fingerprint density at radius 1 is 1.09 bits per heavy atom. The molecule has 0 N–H and O–H groups in total. The van der Waals surface area contributed by atoms with Crippen molar-refractivity contribution in [2.45, 2.75) is 33.2 Å². The Bertz CT molecular complexity index is 508. The number of piperazine rings is 1. The molecule has 0 atom stereocenters. The van der Waals surface area contributed by atoms with Crippen LogP contribution in [0.5, 0.6) is 0 Å². The third-order valence-corrected chi connectivity index (χ3v) is 5.91. The highest BCUT2D eigenvalue weighted by atomic mass is 16.1. The zero-order valence-corrected chi connectivity index (χ0v) is 14.7.